The number of hydrogen-bond acceptors (Lipinski definition) is 3. The Morgan fingerprint density at radius 2 is 1.94 bits per heavy atom. The van der Waals surface area contributed by atoms with E-state index < -0.39 is 0 Å². The molecule has 2 aliphatic heterocycles. The molecule has 2 saturated heterocycles. The van der Waals surface area contributed by atoms with Crippen molar-refractivity contribution in [2.24, 2.45) is 5.92 Å². The van der Waals surface area contributed by atoms with Gasteiger partial charge in [0.2, 0.25) is 0 Å². The van der Waals surface area contributed by atoms with E-state index in [2.05, 4.69) is 24.0 Å². The maximum absolute atomic E-state index is 6.17. The third-order valence-corrected chi connectivity index (χ3v) is 6.05. The highest BCUT2D eigenvalue weighted by Crippen LogP contribution is 2.38. The molecule has 0 amide bonds. The van der Waals surface area contributed by atoms with Gasteiger partial charge in [0.1, 0.15) is 0 Å². The van der Waals surface area contributed by atoms with E-state index >= 15 is 0 Å². The fourth-order valence-electron chi connectivity index (χ4n) is 3.95. The van der Waals surface area contributed by atoms with E-state index in [9.17, 15) is 0 Å². The molecule has 0 aromatic carbocycles. The Labute approximate surface area is 116 Å². The third-order valence-electron chi connectivity index (χ3n) is 5.06. The van der Waals surface area contributed by atoms with Crippen LogP contribution in [0.15, 0.2) is 0 Å². The van der Waals surface area contributed by atoms with Crippen molar-refractivity contribution in [2.75, 3.05) is 18.1 Å². The zero-order valence-corrected chi connectivity index (χ0v) is 12.4. The summed E-state index contributed by atoms with van der Waals surface area (Å²) < 4.78 is 6.17. The second-order valence-corrected chi connectivity index (χ2v) is 7.84. The lowest BCUT2D eigenvalue weighted by Crippen LogP contribution is -2.50. The molecule has 0 radical (unpaired) electrons. The van der Waals surface area contributed by atoms with Crippen molar-refractivity contribution in [3.05, 3.63) is 0 Å². The molecule has 1 saturated carbocycles. The highest BCUT2D eigenvalue weighted by molar-refractivity contribution is 7.99. The van der Waals surface area contributed by atoms with Crippen molar-refractivity contribution in [1.82, 2.24) is 5.32 Å². The lowest BCUT2D eigenvalue weighted by Gasteiger charge is -2.44. The number of rotatable bonds is 2. The maximum Gasteiger partial charge on any atom is 0.0713 e. The Hall–Kier alpha value is 0.270. The van der Waals surface area contributed by atoms with Crippen molar-refractivity contribution >= 4 is 11.8 Å². The van der Waals surface area contributed by atoms with Gasteiger partial charge in [-0.15, -0.1) is 0 Å². The molecule has 3 heteroatoms. The molecule has 3 rings (SSSR count). The number of nitrogens with one attached hydrogen (secondary N) is 1. The summed E-state index contributed by atoms with van der Waals surface area (Å²) in [4.78, 5) is 0. The first-order valence-corrected chi connectivity index (χ1v) is 8.89. The Kier molecular flexibility index (Phi) is 4.21. The fourth-order valence-corrected chi connectivity index (χ4v) is 5.19. The van der Waals surface area contributed by atoms with Crippen LogP contribution in [-0.4, -0.2) is 35.8 Å². The zero-order chi connectivity index (χ0) is 12.4. The van der Waals surface area contributed by atoms with E-state index in [1.807, 2.05) is 0 Å². The Morgan fingerprint density at radius 1 is 1.11 bits per heavy atom. The second-order valence-electron chi connectivity index (χ2n) is 6.62. The smallest absolute Gasteiger partial charge is 0.0713 e. The van der Waals surface area contributed by atoms with Crippen molar-refractivity contribution in [3.8, 4) is 0 Å². The third kappa shape index (κ3) is 3.05. The Balaban J connectivity index is 1.53. The van der Waals surface area contributed by atoms with Crippen LogP contribution in [0.4, 0.5) is 0 Å². The summed E-state index contributed by atoms with van der Waals surface area (Å²) >= 11 is 2.10. The van der Waals surface area contributed by atoms with E-state index in [1.165, 1.54) is 56.5 Å². The van der Waals surface area contributed by atoms with Gasteiger partial charge in [-0.3, -0.25) is 0 Å². The highest BCUT2D eigenvalue weighted by Gasteiger charge is 2.39. The van der Waals surface area contributed by atoms with E-state index in [-0.39, 0.29) is 5.60 Å². The molecule has 1 N–H and O–H groups in total. The first-order valence-electron chi connectivity index (χ1n) is 7.74. The SMILES string of the molecule is CC1CCC(NC2CCOC3(CCSCC3)C2)C1. The van der Waals surface area contributed by atoms with Gasteiger partial charge in [-0.05, 0) is 62.4 Å². The first-order chi connectivity index (χ1) is 8.76. The van der Waals surface area contributed by atoms with E-state index in [0.29, 0.717) is 0 Å². The number of thioether (sulfide) groups is 1. The monoisotopic (exact) mass is 269 g/mol. The summed E-state index contributed by atoms with van der Waals surface area (Å²) in [5.41, 5.74) is 0.241. The average Bonchev–Trinajstić information content (AvgIpc) is 2.76. The van der Waals surface area contributed by atoms with Gasteiger partial charge in [0, 0.05) is 18.7 Å². The zero-order valence-electron chi connectivity index (χ0n) is 11.6. The molecule has 0 aromatic rings. The minimum atomic E-state index is 0.241. The minimum Gasteiger partial charge on any atom is -0.375 e. The van der Waals surface area contributed by atoms with Crippen LogP contribution in [0, 0.1) is 5.92 Å². The summed E-state index contributed by atoms with van der Waals surface area (Å²) in [7, 11) is 0. The van der Waals surface area contributed by atoms with Crippen molar-refractivity contribution in [3.63, 3.8) is 0 Å². The molecule has 104 valence electrons. The summed E-state index contributed by atoms with van der Waals surface area (Å²) in [6.45, 7) is 3.37. The largest absolute Gasteiger partial charge is 0.375 e. The van der Waals surface area contributed by atoms with Gasteiger partial charge in [-0.1, -0.05) is 6.92 Å². The standard InChI is InChI=1S/C15H27NOS/c1-12-2-3-13(10-12)16-14-4-7-17-15(11-14)5-8-18-9-6-15/h12-14,16H,2-11H2,1H3. The molecule has 3 atom stereocenters. The first kappa shape index (κ1) is 13.3. The van der Waals surface area contributed by atoms with E-state index in [0.717, 1.165) is 24.6 Å². The quantitative estimate of drug-likeness (QED) is 0.832. The minimum absolute atomic E-state index is 0.241. The molecule has 2 heterocycles. The Morgan fingerprint density at radius 3 is 2.67 bits per heavy atom. The topological polar surface area (TPSA) is 21.3 Å². The van der Waals surface area contributed by atoms with Gasteiger partial charge in [0.05, 0.1) is 5.60 Å². The highest BCUT2D eigenvalue weighted by atomic mass is 32.2. The molecule has 18 heavy (non-hydrogen) atoms. The van der Waals surface area contributed by atoms with Gasteiger partial charge in [-0.2, -0.15) is 11.8 Å². The van der Waals surface area contributed by atoms with Gasteiger partial charge >= 0.3 is 0 Å². The van der Waals surface area contributed by atoms with Gasteiger partial charge in [-0.25, -0.2) is 0 Å². The molecular formula is C15H27NOS. The van der Waals surface area contributed by atoms with Crippen LogP contribution in [-0.2, 0) is 4.74 Å². The normalized spacial score (nSPS) is 40.2. The Bertz CT molecular complexity index is 272. The number of ether oxygens (including phenoxy) is 1. The summed E-state index contributed by atoms with van der Waals surface area (Å²) in [5.74, 6) is 3.53. The molecule has 3 fully saturated rings. The van der Waals surface area contributed by atoms with Crippen molar-refractivity contribution < 1.29 is 4.74 Å². The molecule has 3 aliphatic rings. The van der Waals surface area contributed by atoms with E-state index in [1.54, 1.807) is 0 Å². The predicted molar refractivity (Wildman–Crippen MR) is 78.2 cm³/mol. The van der Waals surface area contributed by atoms with Crippen molar-refractivity contribution in [2.45, 2.75) is 69.6 Å². The van der Waals surface area contributed by atoms with Crippen LogP contribution >= 0.6 is 11.8 Å². The van der Waals surface area contributed by atoms with Crippen LogP contribution < -0.4 is 5.32 Å². The molecule has 1 spiro atoms. The summed E-state index contributed by atoms with van der Waals surface area (Å²) in [6, 6.07) is 1.51. The van der Waals surface area contributed by atoms with Crippen LogP contribution in [0.2, 0.25) is 0 Å². The average molecular weight is 269 g/mol. The van der Waals surface area contributed by atoms with Crippen molar-refractivity contribution in [1.29, 1.82) is 0 Å². The van der Waals surface area contributed by atoms with Gasteiger partial charge in [0.25, 0.3) is 0 Å². The van der Waals surface area contributed by atoms with Crippen LogP contribution in [0.25, 0.3) is 0 Å². The molecule has 0 aromatic heterocycles. The lowest BCUT2D eigenvalue weighted by atomic mass is 9.85. The lowest BCUT2D eigenvalue weighted by molar-refractivity contribution is -0.0941. The maximum atomic E-state index is 6.17. The molecule has 3 unspecified atom stereocenters. The second kappa shape index (κ2) is 5.72. The van der Waals surface area contributed by atoms with Crippen LogP contribution in [0.5, 0.6) is 0 Å². The fraction of sp³-hybridized carbons (Fsp3) is 1.00. The molecule has 2 nitrogen and oxygen atoms in total. The summed E-state index contributed by atoms with van der Waals surface area (Å²) in [5, 5.41) is 3.93. The van der Waals surface area contributed by atoms with Gasteiger partial charge in [0.15, 0.2) is 0 Å². The summed E-state index contributed by atoms with van der Waals surface area (Å²) in [6.07, 6.45) is 9.23. The van der Waals surface area contributed by atoms with Crippen LogP contribution in [0.3, 0.4) is 0 Å². The van der Waals surface area contributed by atoms with E-state index in [4.69, 9.17) is 4.74 Å². The number of hydrogen-bond donors (Lipinski definition) is 1. The molecule has 0 bridgehead atoms. The van der Waals surface area contributed by atoms with Gasteiger partial charge < -0.3 is 10.1 Å². The molecular weight excluding hydrogens is 242 g/mol. The predicted octanol–water partition coefficient (Wildman–Crippen LogP) is 3.21. The van der Waals surface area contributed by atoms with Crippen LogP contribution in [0.1, 0.15) is 51.9 Å². The molecule has 1 aliphatic carbocycles.